The summed E-state index contributed by atoms with van der Waals surface area (Å²) < 4.78 is 60.3. The highest BCUT2D eigenvalue weighted by molar-refractivity contribution is 7.81. The van der Waals surface area contributed by atoms with Crippen molar-refractivity contribution in [3.05, 3.63) is 23.5 Å². The molecule has 0 spiro atoms. The molecule has 4 aliphatic rings. The van der Waals surface area contributed by atoms with Crippen LogP contribution in [0.1, 0.15) is 79.6 Å². The molecule has 0 N–H and O–H groups in total. The quantitative estimate of drug-likeness (QED) is 0.340. The van der Waals surface area contributed by atoms with Crippen LogP contribution < -0.4 is 0 Å². The van der Waals surface area contributed by atoms with Gasteiger partial charge in [0, 0.05) is 18.8 Å². The molecule has 0 amide bonds. The Morgan fingerprint density at radius 2 is 1.72 bits per heavy atom. The summed E-state index contributed by atoms with van der Waals surface area (Å²) in [4.78, 5) is 11.4. The Balaban J connectivity index is 0.00000141. The number of hydrogen-bond donors (Lipinski definition) is 0. The number of ether oxygens (including phenoxy) is 1. The van der Waals surface area contributed by atoms with Gasteiger partial charge in [-0.15, -0.1) is 0 Å². The third-order valence-corrected chi connectivity index (χ3v) is 8.96. The molecule has 7 atom stereocenters. The van der Waals surface area contributed by atoms with Crippen LogP contribution in [0.3, 0.4) is 0 Å². The molecule has 4 aliphatic carbocycles. The van der Waals surface area contributed by atoms with E-state index in [2.05, 4.69) is 13.0 Å². The summed E-state index contributed by atoms with van der Waals surface area (Å²) in [5.41, 5.74) is -3.97. The Morgan fingerprint density at radius 3 is 2.34 bits per heavy atom. The number of alkyl halides is 3. The van der Waals surface area contributed by atoms with Gasteiger partial charge < -0.3 is 8.92 Å². The van der Waals surface area contributed by atoms with Crippen LogP contribution in [-0.2, 0) is 24.8 Å². The molecule has 0 aromatic rings. The Morgan fingerprint density at radius 1 is 1.06 bits per heavy atom. The second-order valence-electron chi connectivity index (χ2n) is 9.76. The van der Waals surface area contributed by atoms with Gasteiger partial charge >= 0.3 is 22.6 Å². The maximum Gasteiger partial charge on any atom is 0.508 e. The summed E-state index contributed by atoms with van der Waals surface area (Å²) in [6.45, 7) is 9.72. The lowest BCUT2D eigenvalue weighted by Gasteiger charge is -2.57. The van der Waals surface area contributed by atoms with Gasteiger partial charge in [-0.3, -0.25) is 4.79 Å². The van der Waals surface area contributed by atoms with E-state index < -0.39 is 22.0 Å². The van der Waals surface area contributed by atoms with Crippen LogP contribution in [0.5, 0.6) is 0 Å². The van der Waals surface area contributed by atoms with Crippen LogP contribution in [-0.4, -0.2) is 21.8 Å². The van der Waals surface area contributed by atoms with Crippen LogP contribution in [0.25, 0.3) is 0 Å². The van der Waals surface area contributed by atoms with Crippen molar-refractivity contribution in [1.29, 1.82) is 0 Å². The van der Waals surface area contributed by atoms with Crippen LogP contribution in [0.4, 0.5) is 13.2 Å². The van der Waals surface area contributed by atoms with Crippen LogP contribution >= 0.6 is 0 Å². The Hall–Kier alpha value is -1.31. The van der Waals surface area contributed by atoms with Gasteiger partial charge in [-0.2, -0.15) is 13.2 Å². The van der Waals surface area contributed by atoms with Crippen molar-refractivity contribution >= 4 is 17.0 Å². The molecule has 0 bridgehead atoms. The van der Waals surface area contributed by atoms with Gasteiger partial charge in [0.2, 0.25) is 0 Å². The average Bonchev–Trinajstić information content (AvgIpc) is 3.05. The number of carbonyl (C=O) groups is 1. The molecule has 8 heteroatoms. The van der Waals surface area contributed by atoms with E-state index in [4.69, 9.17) is 8.92 Å². The summed E-state index contributed by atoms with van der Waals surface area (Å²) in [7, 11) is 0. The zero-order valence-electron chi connectivity index (χ0n) is 19.6. The van der Waals surface area contributed by atoms with Crippen LogP contribution in [0.2, 0.25) is 0 Å². The highest BCUT2D eigenvalue weighted by Crippen LogP contribution is 2.65. The highest BCUT2D eigenvalue weighted by Gasteiger charge is 2.58. The number of hydrogen-bond acceptors (Lipinski definition) is 4. The lowest BCUT2D eigenvalue weighted by atomic mass is 9.48. The molecule has 0 aromatic carbocycles. The molecule has 0 heterocycles. The molecular formula is C24H35F3O4S. The Bertz CT molecular complexity index is 821. The third kappa shape index (κ3) is 4.40. The third-order valence-electron chi connectivity index (χ3n) is 8.26. The summed E-state index contributed by atoms with van der Waals surface area (Å²) in [6.07, 6.45) is 9.72. The Kier molecular flexibility index (Phi) is 7.24. The molecule has 2 saturated carbocycles. The second-order valence-corrected chi connectivity index (χ2v) is 10.9. The minimum atomic E-state index is -4.87. The monoisotopic (exact) mass is 476 g/mol. The standard InChI is InChI=1S/C22H29F3O4S.C2H6/c1-13(26)28-15-8-10-20(2)14(12-15)4-5-16-17-6-7-19(29-30(27)22(23,24)25)21(17,3)11-9-18(16)20;1-2/h4,7,15-18H,5-6,8-12H2,1-3H3;1-2H3. The highest BCUT2D eigenvalue weighted by atomic mass is 32.2. The first-order valence-electron chi connectivity index (χ1n) is 11.7. The maximum atomic E-state index is 12.8. The van der Waals surface area contributed by atoms with E-state index >= 15 is 0 Å². The van der Waals surface area contributed by atoms with E-state index in [1.165, 1.54) is 12.5 Å². The molecule has 32 heavy (non-hydrogen) atoms. The number of allylic oxidation sites excluding steroid dienone is 3. The molecule has 4 nitrogen and oxygen atoms in total. The van der Waals surface area contributed by atoms with Crippen molar-refractivity contribution in [3.63, 3.8) is 0 Å². The fourth-order valence-electron chi connectivity index (χ4n) is 6.75. The van der Waals surface area contributed by atoms with Gasteiger partial charge in [0.25, 0.3) is 0 Å². The zero-order chi connectivity index (χ0) is 23.9. The second kappa shape index (κ2) is 9.15. The largest absolute Gasteiger partial charge is 0.508 e. The van der Waals surface area contributed by atoms with Gasteiger partial charge in [0.15, 0.2) is 0 Å². The number of fused-ring (bicyclic) bond motifs is 5. The van der Waals surface area contributed by atoms with Gasteiger partial charge in [-0.05, 0) is 67.8 Å². The van der Waals surface area contributed by atoms with E-state index in [0.29, 0.717) is 18.3 Å². The maximum absolute atomic E-state index is 12.8. The fraction of sp³-hybridized carbons (Fsp3) is 0.792. The number of esters is 1. The lowest BCUT2D eigenvalue weighted by Crippen LogP contribution is -2.50. The Labute approximate surface area is 191 Å². The van der Waals surface area contributed by atoms with Gasteiger partial charge in [-0.25, -0.2) is 4.21 Å². The predicted octanol–water partition coefficient (Wildman–Crippen LogP) is 6.60. The molecular weight excluding hydrogens is 441 g/mol. The molecule has 0 saturated heterocycles. The normalized spacial score (nSPS) is 39.1. The summed E-state index contributed by atoms with van der Waals surface area (Å²) in [5.74, 6) is 1.01. The number of halogens is 3. The van der Waals surface area contributed by atoms with Gasteiger partial charge in [-0.1, -0.05) is 39.3 Å². The summed E-state index contributed by atoms with van der Waals surface area (Å²) in [6, 6.07) is 0. The molecule has 0 aromatic heterocycles. The minimum Gasteiger partial charge on any atom is -0.462 e. The number of carbonyl (C=O) groups excluding carboxylic acids is 1. The molecule has 2 fully saturated rings. The SMILES string of the molecule is CC.CC(=O)OC1CCC2(C)C(=CCC3C2CCC2(C)C(OS(=O)C(F)(F)F)=CCC32)C1. The predicted molar refractivity (Wildman–Crippen MR) is 117 cm³/mol. The van der Waals surface area contributed by atoms with E-state index in [9.17, 15) is 22.2 Å². The molecule has 0 radical (unpaired) electrons. The van der Waals surface area contributed by atoms with E-state index in [1.54, 1.807) is 6.08 Å². The smallest absolute Gasteiger partial charge is 0.462 e. The topological polar surface area (TPSA) is 52.6 Å². The van der Waals surface area contributed by atoms with E-state index in [1.807, 2.05) is 20.8 Å². The molecule has 0 aliphatic heterocycles. The summed E-state index contributed by atoms with van der Waals surface area (Å²) in [5, 5.41) is 0. The van der Waals surface area contributed by atoms with Crippen molar-refractivity contribution < 1.29 is 31.1 Å². The molecule has 4 rings (SSSR count). The van der Waals surface area contributed by atoms with E-state index in [0.717, 1.165) is 38.5 Å². The van der Waals surface area contributed by atoms with Crippen LogP contribution in [0.15, 0.2) is 23.5 Å². The first kappa shape index (κ1) is 25.3. The first-order valence-corrected chi connectivity index (χ1v) is 12.8. The minimum absolute atomic E-state index is 0.0410. The van der Waals surface area contributed by atoms with Crippen molar-refractivity contribution in [2.75, 3.05) is 0 Å². The van der Waals surface area contributed by atoms with Crippen molar-refractivity contribution in [2.24, 2.45) is 28.6 Å². The van der Waals surface area contributed by atoms with E-state index in [-0.39, 0.29) is 29.2 Å². The van der Waals surface area contributed by atoms with Gasteiger partial charge in [0.05, 0.1) is 0 Å². The molecule has 182 valence electrons. The fourth-order valence-corrected chi connectivity index (χ4v) is 7.26. The van der Waals surface area contributed by atoms with Gasteiger partial charge in [0.1, 0.15) is 11.9 Å². The van der Waals surface area contributed by atoms with Crippen molar-refractivity contribution in [1.82, 2.24) is 0 Å². The van der Waals surface area contributed by atoms with Crippen molar-refractivity contribution in [2.45, 2.75) is 91.2 Å². The summed E-state index contributed by atoms with van der Waals surface area (Å²) >= 11 is -3.32. The van der Waals surface area contributed by atoms with Crippen LogP contribution in [0, 0.1) is 28.6 Å². The molecule has 7 unspecified atom stereocenters. The number of rotatable bonds is 3. The lowest BCUT2D eigenvalue weighted by molar-refractivity contribution is -0.148. The zero-order valence-corrected chi connectivity index (χ0v) is 20.4. The van der Waals surface area contributed by atoms with Crippen molar-refractivity contribution in [3.8, 4) is 0 Å². The first-order chi connectivity index (χ1) is 14.9. The average molecular weight is 477 g/mol.